The number of aromatic nitrogens is 1. The number of hydrogen-bond donors (Lipinski definition) is 0. The molecule has 9 aromatic carbocycles. The van der Waals surface area contributed by atoms with Crippen LogP contribution in [-0.4, -0.2) is 4.98 Å². The van der Waals surface area contributed by atoms with Gasteiger partial charge in [0.1, 0.15) is 16.2 Å². The molecule has 0 aliphatic rings. The first-order valence-electron chi connectivity index (χ1n) is 20.1. The van der Waals surface area contributed by atoms with Crippen molar-refractivity contribution in [1.82, 2.24) is 4.98 Å². The van der Waals surface area contributed by atoms with Gasteiger partial charge in [0.05, 0.1) is 15.6 Å². The third-order valence-corrected chi connectivity index (χ3v) is 13.8. The highest BCUT2D eigenvalue weighted by atomic mass is 32.1. The van der Waals surface area contributed by atoms with Crippen LogP contribution in [0.3, 0.4) is 0 Å². The van der Waals surface area contributed by atoms with E-state index in [0.717, 1.165) is 70.9 Å². The zero-order valence-corrected chi connectivity index (χ0v) is 33.9. The average Bonchev–Trinajstić information content (AvgIpc) is 4.04. The van der Waals surface area contributed by atoms with Gasteiger partial charge in [-0.15, -0.1) is 22.7 Å². The van der Waals surface area contributed by atoms with E-state index < -0.39 is 0 Å². The van der Waals surface area contributed by atoms with E-state index in [-0.39, 0.29) is 0 Å². The molecule has 0 atom stereocenters. The lowest BCUT2D eigenvalue weighted by molar-refractivity contribution is 0.669. The maximum atomic E-state index is 6.51. The van der Waals surface area contributed by atoms with E-state index in [9.17, 15) is 0 Å². The number of thiazole rings is 1. The van der Waals surface area contributed by atoms with Crippen LogP contribution in [0.4, 0.5) is 17.1 Å². The molecule has 0 aliphatic carbocycles. The topological polar surface area (TPSA) is 29.3 Å². The fourth-order valence-electron chi connectivity index (χ4n) is 8.61. The standard InChI is InChI=1S/C55H34N2OS2/c1-3-11-35(12-4-1)36-21-26-41(27-22-36)57(43-16-9-15-40(33-43)44-18-10-19-46-45-17-7-8-20-50(45)59-54(44)46)42-28-23-37(24-29-42)39-25-30-47-49(34-39)58-48-31-32-51-53(52(47)48)56-55(60-51)38-13-5-2-6-14-38/h1-34H. The highest BCUT2D eigenvalue weighted by Gasteiger charge is 2.18. The first-order valence-corrected chi connectivity index (χ1v) is 21.7. The summed E-state index contributed by atoms with van der Waals surface area (Å²) in [6.07, 6.45) is 0. The summed E-state index contributed by atoms with van der Waals surface area (Å²) in [4.78, 5) is 7.47. The summed E-state index contributed by atoms with van der Waals surface area (Å²) < 4.78 is 10.3. The number of thiophene rings is 1. The number of hydrogen-bond acceptors (Lipinski definition) is 5. The van der Waals surface area contributed by atoms with Gasteiger partial charge in [0.2, 0.25) is 0 Å². The van der Waals surface area contributed by atoms with Crippen LogP contribution in [-0.2, 0) is 0 Å². The van der Waals surface area contributed by atoms with E-state index in [4.69, 9.17) is 9.40 Å². The molecule has 3 aromatic heterocycles. The van der Waals surface area contributed by atoms with Gasteiger partial charge in [0, 0.05) is 48.2 Å². The molecule has 0 aliphatic heterocycles. The van der Waals surface area contributed by atoms with Gasteiger partial charge in [0.25, 0.3) is 0 Å². The third kappa shape index (κ3) is 5.90. The van der Waals surface area contributed by atoms with Gasteiger partial charge >= 0.3 is 0 Å². The largest absolute Gasteiger partial charge is 0.456 e. The quantitative estimate of drug-likeness (QED) is 0.161. The van der Waals surface area contributed by atoms with Crippen molar-refractivity contribution >= 4 is 92.1 Å². The van der Waals surface area contributed by atoms with Crippen molar-refractivity contribution in [2.45, 2.75) is 0 Å². The minimum Gasteiger partial charge on any atom is -0.456 e. The lowest BCUT2D eigenvalue weighted by atomic mass is 10.0. The third-order valence-electron chi connectivity index (χ3n) is 11.5. The Bertz CT molecular complexity index is 3530. The zero-order valence-electron chi connectivity index (χ0n) is 32.2. The first-order chi connectivity index (χ1) is 29.7. The van der Waals surface area contributed by atoms with E-state index in [1.165, 1.54) is 42.4 Å². The predicted octanol–water partition coefficient (Wildman–Crippen LogP) is 16.7. The Morgan fingerprint density at radius 3 is 1.80 bits per heavy atom. The van der Waals surface area contributed by atoms with Gasteiger partial charge in [-0.05, 0) is 100 Å². The van der Waals surface area contributed by atoms with E-state index in [1.807, 2.05) is 17.4 Å². The highest BCUT2D eigenvalue weighted by molar-refractivity contribution is 7.26. The van der Waals surface area contributed by atoms with E-state index >= 15 is 0 Å². The molecule has 0 unspecified atom stereocenters. The maximum Gasteiger partial charge on any atom is 0.137 e. The van der Waals surface area contributed by atoms with Crippen molar-refractivity contribution in [3.63, 3.8) is 0 Å². The highest BCUT2D eigenvalue weighted by Crippen LogP contribution is 2.44. The van der Waals surface area contributed by atoms with Gasteiger partial charge in [0.15, 0.2) is 0 Å². The smallest absolute Gasteiger partial charge is 0.137 e. The molecule has 12 rings (SSSR count). The molecule has 0 fully saturated rings. The molecule has 0 bridgehead atoms. The maximum absolute atomic E-state index is 6.51. The Labute approximate surface area is 354 Å². The molecule has 0 saturated heterocycles. The second-order valence-electron chi connectivity index (χ2n) is 15.1. The van der Waals surface area contributed by atoms with E-state index in [2.05, 4.69) is 205 Å². The van der Waals surface area contributed by atoms with Crippen molar-refractivity contribution in [3.8, 4) is 44.0 Å². The molecular weight excluding hydrogens is 769 g/mol. The lowest BCUT2D eigenvalue weighted by Crippen LogP contribution is -2.10. The van der Waals surface area contributed by atoms with Crippen LogP contribution in [0.5, 0.6) is 0 Å². The summed E-state index contributed by atoms with van der Waals surface area (Å²) in [5.41, 5.74) is 14.2. The van der Waals surface area contributed by atoms with Gasteiger partial charge in [-0.1, -0.05) is 140 Å². The van der Waals surface area contributed by atoms with Crippen LogP contribution in [0.15, 0.2) is 211 Å². The van der Waals surface area contributed by atoms with Crippen LogP contribution in [0.2, 0.25) is 0 Å². The van der Waals surface area contributed by atoms with Crippen molar-refractivity contribution in [1.29, 1.82) is 0 Å². The fourth-order valence-corrected chi connectivity index (χ4v) is 10.8. The Hall–Kier alpha value is -7.31. The molecule has 0 saturated carbocycles. The van der Waals surface area contributed by atoms with Crippen molar-refractivity contribution in [2.24, 2.45) is 0 Å². The molecule has 0 radical (unpaired) electrons. The second kappa shape index (κ2) is 14.2. The van der Waals surface area contributed by atoms with Crippen molar-refractivity contribution in [3.05, 3.63) is 206 Å². The SMILES string of the molecule is c1ccc(-c2ccc(N(c3ccc(-c4ccc5c(c4)oc4ccc6sc(-c7ccccc7)nc6c45)cc3)c3cccc(-c4cccc5c4sc4ccccc45)c3)cc2)cc1. The number of rotatable bonds is 7. The van der Waals surface area contributed by atoms with Gasteiger partial charge in [-0.3, -0.25) is 0 Å². The van der Waals surface area contributed by atoms with Gasteiger partial charge in [-0.25, -0.2) is 4.98 Å². The number of anilines is 3. The van der Waals surface area contributed by atoms with Gasteiger partial charge in [-0.2, -0.15) is 0 Å². The van der Waals surface area contributed by atoms with Crippen molar-refractivity contribution < 1.29 is 4.42 Å². The van der Waals surface area contributed by atoms with Crippen LogP contribution >= 0.6 is 22.7 Å². The number of fused-ring (bicyclic) bond motifs is 8. The Kier molecular flexibility index (Phi) is 8.22. The molecule has 0 spiro atoms. The molecule has 3 nitrogen and oxygen atoms in total. The summed E-state index contributed by atoms with van der Waals surface area (Å²) in [6.45, 7) is 0. The monoisotopic (exact) mass is 802 g/mol. The van der Waals surface area contributed by atoms with E-state index in [1.54, 1.807) is 11.3 Å². The van der Waals surface area contributed by atoms with Crippen LogP contribution in [0.25, 0.3) is 96.3 Å². The zero-order chi connectivity index (χ0) is 39.6. The summed E-state index contributed by atoms with van der Waals surface area (Å²) in [5, 5.41) is 5.78. The fraction of sp³-hybridized carbons (Fsp3) is 0. The normalized spacial score (nSPS) is 11.7. The molecular formula is C55H34N2OS2. The summed E-state index contributed by atoms with van der Waals surface area (Å²) >= 11 is 3.59. The Morgan fingerprint density at radius 2 is 1.02 bits per heavy atom. The van der Waals surface area contributed by atoms with E-state index in [0.29, 0.717) is 0 Å². The molecule has 12 aromatic rings. The van der Waals surface area contributed by atoms with Crippen LogP contribution in [0, 0.1) is 0 Å². The minimum absolute atomic E-state index is 0.856. The number of benzene rings is 9. The molecule has 3 heterocycles. The molecule has 5 heteroatoms. The Balaban J connectivity index is 0.932. The number of furan rings is 1. The summed E-state index contributed by atoms with van der Waals surface area (Å²) in [7, 11) is 0. The average molecular weight is 803 g/mol. The number of nitrogens with zero attached hydrogens (tertiary/aromatic N) is 2. The molecule has 0 amide bonds. The van der Waals surface area contributed by atoms with Crippen LogP contribution < -0.4 is 4.90 Å². The second-order valence-corrected chi connectivity index (χ2v) is 17.2. The summed E-state index contributed by atoms with van der Waals surface area (Å²) in [6, 6.07) is 73.9. The van der Waals surface area contributed by atoms with Crippen molar-refractivity contribution in [2.75, 3.05) is 4.90 Å². The predicted molar refractivity (Wildman–Crippen MR) is 256 cm³/mol. The Morgan fingerprint density at radius 1 is 0.383 bits per heavy atom. The van der Waals surface area contributed by atoms with Crippen LogP contribution in [0.1, 0.15) is 0 Å². The molecule has 282 valence electrons. The first kappa shape index (κ1) is 34.7. The summed E-state index contributed by atoms with van der Waals surface area (Å²) in [5.74, 6) is 0. The lowest BCUT2D eigenvalue weighted by Gasteiger charge is -2.26. The molecule has 0 N–H and O–H groups in total. The minimum atomic E-state index is 0.856. The van der Waals surface area contributed by atoms with Gasteiger partial charge < -0.3 is 9.32 Å². The molecule has 60 heavy (non-hydrogen) atoms.